The van der Waals surface area contributed by atoms with Gasteiger partial charge in [0, 0.05) is 5.02 Å². The minimum absolute atomic E-state index is 0.144. The number of ether oxygens (including phenoxy) is 2. The standard InChI is InChI=1S/C20H17ClFN3O5/c1-20(11-2-5-15-16(8-11)30-7-6-29-15)18(27)25(19(28)24-20)10-17(26)23-14-9-12(21)3-4-13(14)22/h2-5,8-9H,6-7,10H2,1H3,(H,23,26)(H,24,28). The van der Waals surface area contributed by atoms with E-state index >= 15 is 0 Å². The van der Waals surface area contributed by atoms with Gasteiger partial charge in [0.2, 0.25) is 5.91 Å². The van der Waals surface area contributed by atoms with Crippen LogP contribution in [-0.2, 0) is 15.1 Å². The van der Waals surface area contributed by atoms with E-state index in [1.807, 2.05) is 0 Å². The van der Waals surface area contributed by atoms with E-state index in [0.29, 0.717) is 30.3 Å². The second kappa shape index (κ2) is 7.49. The Labute approximate surface area is 175 Å². The zero-order valence-corrected chi connectivity index (χ0v) is 16.6. The second-order valence-electron chi connectivity index (χ2n) is 6.98. The predicted molar refractivity (Wildman–Crippen MR) is 105 cm³/mol. The normalized spacial score (nSPS) is 20.2. The van der Waals surface area contributed by atoms with Crippen molar-refractivity contribution in [2.45, 2.75) is 12.5 Å². The first-order valence-corrected chi connectivity index (χ1v) is 9.45. The maximum atomic E-state index is 13.8. The minimum Gasteiger partial charge on any atom is -0.486 e. The van der Waals surface area contributed by atoms with Crippen LogP contribution in [0, 0.1) is 5.82 Å². The molecule has 4 rings (SSSR count). The summed E-state index contributed by atoms with van der Waals surface area (Å²) < 4.78 is 24.8. The molecule has 2 N–H and O–H groups in total. The Hall–Kier alpha value is -3.33. The van der Waals surface area contributed by atoms with Crippen LogP contribution in [0.1, 0.15) is 12.5 Å². The number of carbonyl (C=O) groups excluding carboxylic acids is 3. The number of amides is 4. The molecular formula is C20H17ClFN3O5. The van der Waals surface area contributed by atoms with Crippen molar-refractivity contribution in [1.82, 2.24) is 10.2 Å². The fraction of sp³-hybridized carbons (Fsp3) is 0.250. The van der Waals surface area contributed by atoms with Gasteiger partial charge in [0.15, 0.2) is 11.5 Å². The Morgan fingerprint density at radius 2 is 1.93 bits per heavy atom. The number of carbonyl (C=O) groups is 3. The molecule has 2 aromatic rings. The maximum Gasteiger partial charge on any atom is 0.325 e. The van der Waals surface area contributed by atoms with E-state index in [4.69, 9.17) is 21.1 Å². The lowest BCUT2D eigenvalue weighted by atomic mass is 9.91. The van der Waals surface area contributed by atoms with Crippen LogP contribution >= 0.6 is 11.6 Å². The summed E-state index contributed by atoms with van der Waals surface area (Å²) in [7, 11) is 0. The van der Waals surface area contributed by atoms with E-state index in [1.165, 1.54) is 19.1 Å². The molecule has 1 saturated heterocycles. The molecule has 0 spiro atoms. The topological polar surface area (TPSA) is 97.0 Å². The number of halogens is 2. The van der Waals surface area contributed by atoms with E-state index in [-0.39, 0.29) is 10.7 Å². The number of imide groups is 1. The average molecular weight is 434 g/mol. The fourth-order valence-corrected chi connectivity index (χ4v) is 3.49. The van der Waals surface area contributed by atoms with Gasteiger partial charge >= 0.3 is 6.03 Å². The molecule has 2 aliphatic heterocycles. The van der Waals surface area contributed by atoms with Gasteiger partial charge in [0.05, 0.1) is 5.69 Å². The third-order valence-electron chi connectivity index (χ3n) is 4.90. The van der Waals surface area contributed by atoms with Gasteiger partial charge in [-0.15, -0.1) is 0 Å². The van der Waals surface area contributed by atoms with Gasteiger partial charge in [0.1, 0.15) is 31.1 Å². The molecule has 0 radical (unpaired) electrons. The molecule has 2 aliphatic rings. The number of anilines is 1. The van der Waals surface area contributed by atoms with Gasteiger partial charge in [-0.05, 0) is 42.8 Å². The summed E-state index contributed by atoms with van der Waals surface area (Å²) in [6.45, 7) is 1.75. The highest BCUT2D eigenvalue weighted by Gasteiger charge is 2.49. The lowest BCUT2D eigenvalue weighted by Gasteiger charge is -2.25. The first kappa shape index (κ1) is 20.0. The van der Waals surface area contributed by atoms with Crippen molar-refractivity contribution in [3.63, 3.8) is 0 Å². The number of hydrogen-bond acceptors (Lipinski definition) is 5. The van der Waals surface area contributed by atoms with E-state index in [0.717, 1.165) is 11.0 Å². The summed E-state index contributed by atoms with van der Waals surface area (Å²) in [5.41, 5.74) is -1.06. The molecule has 4 amide bonds. The molecule has 0 bridgehead atoms. The molecule has 1 atom stereocenters. The average Bonchev–Trinajstić information content (AvgIpc) is 2.94. The summed E-state index contributed by atoms with van der Waals surface area (Å²) in [6, 6.07) is 7.87. The molecule has 2 heterocycles. The number of hydrogen-bond donors (Lipinski definition) is 2. The van der Waals surface area contributed by atoms with Crippen LogP contribution in [0.3, 0.4) is 0 Å². The van der Waals surface area contributed by atoms with Gasteiger partial charge in [0.25, 0.3) is 5.91 Å². The second-order valence-corrected chi connectivity index (χ2v) is 7.41. The predicted octanol–water partition coefficient (Wildman–Crippen LogP) is 2.66. The van der Waals surface area contributed by atoms with Crippen LogP contribution in [0.15, 0.2) is 36.4 Å². The molecule has 8 nitrogen and oxygen atoms in total. The third-order valence-corrected chi connectivity index (χ3v) is 5.13. The fourth-order valence-electron chi connectivity index (χ4n) is 3.32. The largest absolute Gasteiger partial charge is 0.486 e. The van der Waals surface area contributed by atoms with Crippen LogP contribution in [0.25, 0.3) is 0 Å². The smallest absolute Gasteiger partial charge is 0.325 e. The van der Waals surface area contributed by atoms with Crippen molar-refractivity contribution in [2.24, 2.45) is 0 Å². The van der Waals surface area contributed by atoms with E-state index in [2.05, 4.69) is 10.6 Å². The van der Waals surface area contributed by atoms with Crippen LogP contribution in [0.2, 0.25) is 5.02 Å². The van der Waals surface area contributed by atoms with Crippen LogP contribution < -0.4 is 20.1 Å². The summed E-state index contributed by atoms with van der Waals surface area (Å²) in [6.07, 6.45) is 0. The molecule has 0 aromatic heterocycles. The Morgan fingerprint density at radius 3 is 2.70 bits per heavy atom. The van der Waals surface area contributed by atoms with Gasteiger partial charge in [-0.3, -0.25) is 14.5 Å². The summed E-state index contributed by atoms with van der Waals surface area (Å²) in [5, 5.41) is 5.16. The molecule has 1 fully saturated rings. The number of fused-ring (bicyclic) bond motifs is 1. The van der Waals surface area contributed by atoms with E-state index in [1.54, 1.807) is 18.2 Å². The highest BCUT2D eigenvalue weighted by atomic mass is 35.5. The first-order chi connectivity index (χ1) is 14.3. The Balaban J connectivity index is 1.52. The van der Waals surface area contributed by atoms with Crippen LogP contribution in [0.5, 0.6) is 11.5 Å². The molecule has 0 aliphatic carbocycles. The van der Waals surface area contributed by atoms with Crippen LogP contribution in [-0.4, -0.2) is 42.5 Å². The number of rotatable bonds is 4. The van der Waals surface area contributed by atoms with E-state index < -0.39 is 35.7 Å². The minimum atomic E-state index is -1.39. The van der Waals surface area contributed by atoms with Crippen molar-refractivity contribution in [2.75, 3.05) is 25.1 Å². The molecule has 2 aromatic carbocycles. The lowest BCUT2D eigenvalue weighted by molar-refractivity contribution is -0.133. The number of nitrogens with one attached hydrogen (secondary N) is 2. The highest BCUT2D eigenvalue weighted by molar-refractivity contribution is 6.30. The SMILES string of the molecule is CC1(c2ccc3c(c2)OCCO3)NC(=O)N(CC(=O)Nc2cc(Cl)ccc2F)C1=O. The highest BCUT2D eigenvalue weighted by Crippen LogP contribution is 2.36. The number of benzene rings is 2. The molecular weight excluding hydrogens is 417 g/mol. The quantitative estimate of drug-likeness (QED) is 0.722. The van der Waals surface area contributed by atoms with Crippen LogP contribution in [0.4, 0.5) is 14.9 Å². The number of urea groups is 1. The van der Waals surface area contributed by atoms with E-state index in [9.17, 15) is 18.8 Å². The lowest BCUT2D eigenvalue weighted by Crippen LogP contribution is -2.42. The van der Waals surface area contributed by atoms with Gasteiger partial charge in [-0.25, -0.2) is 9.18 Å². The summed E-state index contributed by atoms with van der Waals surface area (Å²) >= 11 is 5.81. The van der Waals surface area contributed by atoms with Crippen molar-refractivity contribution in [3.05, 3.63) is 52.8 Å². The van der Waals surface area contributed by atoms with Gasteiger partial charge < -0.3 is 20.1 Å². The van der Waals surface area contributed by atoms with Crippen molar-refractivity contribution < 1.29 is 28.2 Å². The zero-order valence-electron chi connectivity index (χ0n) is 15.8. The maximum absolute atomic E-state index is 13.8. The third kappa shape index (κ3) is 3.52. The Bertz CT molecular complexity index is 1060. The van der Waals surface area contributed by atoms with Crippen molar-refractivity contribution in [3.8, 4) is 11.5 Å². The molecule has 10 heteroatoms. The molecule has 0 saturated carbocycles. The van der Waals surface area contributed by atoms with Crippen molar-refractivity contribution in [1.29, 1.82) is 0 Å². The summed E-state index contributed by atoms with van der Waals surface area (Å²) in [4.78, 5) is 38.5. The van der Waals surface area contributed by atoms with Gasteiger partial charge in [-0.2, -0.15) is 0 Å². The molecule has 1 unspecified atom stereocenters. The monoisotopic (exact) mass is 433 g/mol. The van der Waals surface area contributed by atoms with Crippen molar-refractivity contribution >= 4 is 35.1 Å². The first-order valence-electron chi connectivity index (χ1n) is 9.07. The Morgan fingerprint density at radius 1 is 1.20 bits per heavy atom. The zero-order chi connectivity index (χ0) is 21.5. The molecule has 30 heavy (non-hydrogen) atoms. The molecule has 156 valence electrons. The summed E-state index contributed by atoms with van der Waals surface area (Å²) in [5.74, 6) is -1.04. The van der Waals surface area contributed by atoms with Gasteiger partial charge in [-0.1, -0.05) is 17.7 Å². The number of nitrogens with zero attached hydrogens (tertiary/aromatic N) is 1. The Kier molecular flexibility index (Phi) is 4.98.